The number of rotatable bonds is 5. The average Bonchev–Trinajstić information content (AvgIpc) is 2.52. The highest BCUT2D eigenvalue weighted by Crippen LogP contribution is 2.43. The summed E-state index contributed by atoms with van der Waals surface area (Å²) in [6.45, 7) is 1.85. The van der Waals surface area contributed by atoms with E-state index in [2.05, 4.69) is 31.9 Å². The van der Waals surface area contributed by atoms with E-state index in [0.29, 0.717) is 16.3 Å². The van der Waals surface area contributed by atoms with Crippen molar-refractivity contribution in [3.05, 3.63) is 50.4 Å². The third-order valence-electron chi connectivity index (χ3n) is 3.01. The number of ether oxygens (including phenoxy) is 1. The maximum atomic E-state index is 12.4. The number of carbonyl (C=O) groups is 1. The van der Waals surface area contributed by atoms with E-state index < -0.39 is 10.1 Å². The second-order valence-electron chi connectivity index (χ2n) is 4.59. The Morgan fingerprint density at radius 2 is 1.70 bits per heavy atom. The van der Waals surface area contributed by atoms with Crippen LogP contribution in [0.25, 0.3) is 0 Å². The van der Waals surface area contributed by atoms with E-state index in [-0.39, 0.29) is 20.9 Å². The van der Waals surface area contributed by atoms with Crippen LogP contribution in [0.5, 0.6) is 11.5 Å². The van der Waals surface area contributed by atoms with E-state index in [0.717, 1.165) is 5.56 Å². The van der Waals surface area contributed by atoms with Crippen LogP contribution in [0.2, 0.25) is 0 Å². The van der Waals surface area contributed by atoms with E-state index in [9.17, 15) is 13.2 Å². The van der Waals surface area contributed by atoms with Gasteiger partial charge in [-0.2, -0.15) is 8.42 Å². The van der Waals surface area contributed by atoms with Crippen LogP contribution in [0.15, 0.2) is 44.2 Å². The molecule has 2 aromatic rings. The van der Waals surface area contributed by atoms with E-state index in [1.165, 1.54) is 25.3 Å². The molecule has 5 nitrogen and oxygen atoms in total. The van der Waals surface area contributed by atoms with Gasteiger partial charge in [-0.1, -0.05) is 17.7 Å². The van der Waals surface area contributed by atoms with Crippen molar-refractivity contribution in [2.24, 2.45) is 0 Å². The monoisotopic (exact) mass is 462 g/mol. The molecule has 8 heteroatoms. The van der Waals surface area contributed by atoms with Crippen molar-refractivity contribution < 1.29 is 22.1 Å². The minimum atomic E-state index is -4.04. The zero-order valence-electron chi connectivity index (χ0n) is 12.2. The number of halogens is 2. The summed E-state index contributed by atoms with van der Waals surface area (Å²) in [5.74, 6) is 0.0865. The number of hydrogen-bond acceptors (Lipinski definition) is 5. The number of methoxy groups -OCH3 is 1. The normalized spacial score (nSPS) is 11.1. The molecule has 0 aliphatic carbocycles. The molecular formula is C15H12Br2O5S. The van der Waals surface area contributed by atoms with E-state index in [1.54, 1.807) is 12.1 Å². The van der Waals surface area contributed by atoms with Crippen molar-refractivity contribution in [2.75, 3.05) is 7.11 Å². The van der Waals surface area contributed by atoms with Gasteiger partial charge in [0.05, 0.1) is 11.6 Å². The van der Waals surface area contributed by atoms with E-state index >= 15 is 0 Å². The Morgan fingerprint density at radius 3 is 2.22 bits per heavy atom. The number of hydrogen-bond donors (Lipinski definition) is 0. The van der Waals surface area contributed by atoms with Crippen LogP contribution in [0, 0.1) is 6.92 Å². The molecule has 0 aliphatic heterocycles. The highest BCUT2D eigenvalue weighted by molar-refractivity contribution is 9.13. The maximum Gasteiger partial charge on any atom is 0.339 e. The quantitative estimate of drug-likeness (QED) is 0.493. The summed E-state index contributed by atoms with van der Waals surface area (Å²) in [6, 6.07) is 7.66. The number of carbonyl (C=O) groups excluding carboxylic acids is 1. The molecule has 0 aromatic heterocycles. The van der Waals surface area contributed by atoms with Gasteiger partial charge in [0.2, 0.25) is 0 Å². The second kappa shape index (κ2) is 7.02. The Kier molecular flexibility index (Phi) is 5.49. The third kappa shape index (κ3) is 3.76. The van der Waals surface area contributed by atoms with Gasteiger partial charge in [0, 0.05) is 10.0 Å². The molecule has 23 heavy (non-hydrogen) atoms. The van der Waals surface area contributed by atoms with Crippen LogP contribution in [-0.2, 0) is 10.1 Å². The lowest BCUT2D eigenvalue weighted by molar-refractivity contribution is 0.112. The lowest BCUT2D eigenvalue weighted by Crippen LogP contribution is -2.11. The van der Waals surface area contributed by atoms with E-state index in [4.69, 9.17) is 8.92 Å². The molecule has 0 N–H and O–H groups in total. The summed E-state index contributed by atoms with van der Waals surface area (Å²) in [5.41, 5.74) is 1.23. The average molecular weight is 464 g/mol. The molecule has 0 bridgehead atoms. The fraction of sp³-hybridized carbons (Fsp3) is 0.133. The van der Waals surface area contributed by atoms with Gasteiger partial charge < -0.3 is 8.92 Å². The highest BCUT2D eigenvalue weighted by Gasteiger charge is 2.24. The Balaban J connectivity index is 2.53. The summed E-state index contributed by atoms with van der Waals surface area (Å²) in [4.78, 5) is 11.1. The second-order valence-corrected chi connectivity index (χ2v) is 7.73. The van der Waals surface area contributed by atoms with Crippen molar-refractivity contribution in [3.8, 4) is 11.5 Å². The van der Waals surface area contributed by atoms with Gasteiger partial charge in [0.1, 0.15) is 4.90 Å². The van der Waals surface area contributed by atoms with Crippen LogP contribution in [0.4, 0.5) is 0 Å². The van der Waals surface area contributed by atoms with E-state index in [1.807, 2.05) is 6.92 Å². The van der Waals surface area contributed by atoms with Crippen molar-refractivity contribution in [1.82, 2.24) is 0 Å². The predicted molar refractivity (Wildman–Crippen MR) is 92.8 cm³/mol. The molecule has 0 amide bonds. The highest BCUT2D eigenvalue weighted by atomic mass is 79.9. The first-order valence-corrected chi connectivity index (χ1v) is 9.32. The molecule has 2 rings (SSSR count). The van der Waals surface area contributed by atoms with Gasteiger partial charge in [-0.25, -0.2) is 0 Å². The van der Waals surface area contributed by atoms with Gasteiger partial charge in [-0.3, -0.25) is 4.79 Å². The molecule has 0 saturated heterocycles. The number of aldehydes is 1. The lowest BCUT2D eigenvalue weighted by atomic mass is 10.2. The standard InChI is InChI=1S/C15H12Br2O5S/c1-9-3-5-11(6-4-9)23(19,20)22-15-12(21-2)7-10(8-18)13(16)14(15)17/h3-8H,1-2H3. The van der Waals surface area contributed by atoms with Crippen molar-refractivity contribution in [2.45, 2.75) is 11.8 Å². The van der Waals surface area contributed by atoms with Crippen LogP contribution in [0.1, 0.15) is 15.9 Å². The molecule has 0 radical (unpaired) electrons. The first kappa shape index (κ1) is 18.0. The molecule has 0 heterocycles. The van der Waals surface area contributed by atoms with Crippen molar-refractivity contribution in [3.63, 3.8) is 0 Å². The van der Waals surface area contributed by atoms with Gasteiger partial charge in [0.25, 0.3) is 0 Å². The van der Waals surface area contributed by atoms with Crippen molar-refractivity contribution in [1.29, 1.82) is 0 Å². The Hall–Kier alpha value is -1.38. The first-order valence-electron chi connectivity index (χ1n) is 6.32. The molecule has 0 atom stereocenters. The molecule has 2 aromatic carbocycles. The fourth-order valence-corrected chi connectivity index (χ4v) is 3.73. The van der Waals surface area contributed by atoms with Gasteiger partial charge in [-0.15, -0.1) is 0 Å². The number of aryl methyl sites for hydroxylation is 1. The lowest BCUT2D eigenvalue weighted by Gasteiger charge is -2.14. The zero-order chi connectivity index (χ0) is 17.2. The molecule has 0 aliphatic rings. The van der Waals surface area contributed by atoms with Gasteiger partial charge >= 0.3 is 10.1 Å². The molecular weight excluding hydrogens is 452 g/mol. The zero-order valence-corrected chi connectivity index (χ0v) is 16.2. The van der Waals surface area contributed by atoms with Crippen LogP contribution >= 0.6 is 31.9 Å². The summed E-state index contributed by atoms with van der Waals surface area (Å²) in [5, 5.41) is 0. The summed E-state index contributed by atoms with van der Waals surface area (Å²) < 4.78 is 35.8. The fourth-order valence-electron chi connectivity index (χ4n) is 1.78. The Morgan fingerprint density at radius 1 is 1.09 bits per heavy atom. The maximum absolute atomic E-state index is 12.4. The van der Waals surface area contributed by atoms with Gasteiger partial charge in [-0.05, 0) is 57.0 Å². The minimum Gasteiger partial charge on any atom is -0.493 e. The van der Waals surface area contributed by atoms with Crippen LogP contribution < -0.4 is 8.92 Å². The van der Waals surface area contributed by atoms with Crippen molar-refractivity contribution >= 4 is 48.3 Å². The summed E-state index contributed by atoms with van der Waals surface area (Å²) >= 11 is 6.44. The molecule has 0 unspecified atom stereocenters. The SMILES string of the molecule is COc1cc(C=O)c(Br)c(Br)c1OS(=O)(=O)c1ccc(C)cc1. The molecule has 0 spiro atoms. The third-order valence-corrected chi connectivity index (χ3v) is 6.38. The Bertz CT molecular complexity index is 845. The topological polar surface area (TPSA) is 69.7 Å². The summed E-state index contributed by atoms with van der Waals surface area (Å²) in [7, 11) is -2.68. The van der Waals surface area contributed by atoms with Gasteiger partial charge in [0.15, 0.2) is 17.8 Å². The summed E-state index contributed by atoms with van der Waals surface area (Å²) in [6.07, 6.45) is 0.621. The van der Waals surface area contributed by atoms with Crippen LogP contribution in [-0.4, -0.2) is 21.8 Å². The molecule has 0 fully saturated rings. The molecule has 122 valence electrons. The number of benzene rings is 2. The minimum absolute atomic E-state index is 0.0210. The molecule has 0 saturated carbocycles. The predicted octanol–water partition coefficient (Wildman–Crippen LogP) is 4.11. The Labute approximate surface area is 151 Å². The smallest absolute Gasteiger partial charge is 0.339 e. The van der Waals surface area contributed by atoms with Crippen LogP contribution in [0.3, 0.4) is 0 Å². The first-order chi connectivity index (χ1) is 10.8. The largest absolute Gasteiger partial charge is 0.493 e.